The quantitative estimate of drug-likeness (QED) is 0.712. The zero-order chi connectivity index (χ0) is 21.4. The number of carbonyl (C=O) groups excluding carboxylic acids is 1. The Balaban J connectivity index is 1.59. The second-order valence-corrected chi connectivity index (χ2v) is 8.25. The standard InChI is InChI=1S/C21H25FN6O2/c1-13-8-14(2)11-26(10-13)19-20-25-28(21(30)27(20)7-6-23-19)12-18(29)24-16-5-4-15(3)17(22)9-16/h4-7,9,13-14H,8,10-12H2,1-3H3,(H,24,29)/t13-,14-/m1/s1. The van der Waals surface area contributed by atoms with Crippen molar-refractivity contribution in [3.8, 4) is 0 Å². The minimum absolute atomic E-state index is 0.276. The van der Waals surface area contributed by atoms with E-state index in [1.165, 1.54) is 10.5 Å². The Morgan fingerprint density at radius 1 is 1.27 bits per heavy atom. The lowest BCUT2D eigenvalue weighted by molar-refractivity contribution is -0.117. The number of hydrogen-bond donors (Lipinski definition) is 1. The van der Waals surface area contributed by atoms with Gasteiger partial charge in [0.2, 0.25) is 11.6 Å². The van der Waals surface area contributed by atoms with E-state index in [1.54, 1.807) is 31.5 Å². The first-order valence-corrected chi connectivity index (χ1v) is 10.1. The van der Waals surface area contributed by atoms with E-state index >= 15 is 0 Å². The number of anilines is 2. The first-order chi connectivity index (χ1) is 14.3. The summed E-state index contributed by atoms with van der Waals surface area (Å²) in [6.45, 7) is 7.46. The average molecular weight is 412 g/mol. The zero-order valence-electron chi connectivity index (χ0n) is 17.3. The molecule has 1 saturated heterocycles. The van der Waals surface area contributed by atoms with Gasteiger partial charge in [-0.2, -0.15) is 0 Å². The summed E-state index contributed by atoms with van der Waals surface area (Å²) in [5.74, 6) is 0.820. The summed E-state index contributed by atoms with van der Waals surface area (Å²) in [6.07, 6.45) is 4.28. The fraction of sp³-hybridized carbons (Fsp3) is 0.429. The van der Waals surface area contributed by atoms with Crippen LogP contribution in [0.25, 0.3) is 5.65 Å². The number of nitrogens with one attached hydrogen (secondary N) is 1. The van der Waals surface area contributed by atoms with E-state index in [1.807, 2.05) is 0 Å². The normalized spacial score (nSPS) is 19.3. The fourth-order valence-corrected chi connectivity index (χ4v) is 4.10. The Morgan fingerprint density at radius 2 is 2.00 bits per heavy atom. The highest BCUT2D eigenvalue weighted by atomic mass is 19.1. The number of benzene rings is 1. The van der Waals surface area contributed by atoms with Crippen molar-refractivity contribution in [3.05, 3.63) is 52.5 Å². The third kappa shape index (κ3) is 3.92. The van der Waals surface area contributed by atoms with Gasteiger partial charge in [-0.15, -0.1) is 5.10 Å². The largest absolute Gasteiger partial charge is 0.353 e. The van der Waals surface area contributed by atoms with Crippen LogP contribution in [0, 0.1) is 24.6 Å². The van der Waals surface area contributed by atoms with Crippen LogP contribution in [-0.4, -0.2) is 38.2 Å². The average Bonchev–Trinajstić information content (AvgIpc) is 2.99. The van der Waals surface area contributed by atoms with Crippen LogP contribution in [0.3, 0.4) is 0 Å². The molecule has 2 atom stereocenters. The fourth-order valence-electron chi connectivity index (χ4n) is 4.10. The summed E-state index contributed by atoms with van der Waals surface area (Å²) in [4.78, 5) is 31.8. The number of hydrogen-bond acceptors (Lipinski definition) is 5. The van der Waals surface area contributed by atoms with E-state index in [4.69, 9.17) is 0 Å². The van der Waals surface area contributed by atoms with Gasteiger partial charge in [-0.25, -0.2) is 23.3 Å². The maximum absolute atomic E-state index is 13.7. The molecule has 0 aliphatic carbocycles. The van der Waals surface area contributed by atoms with E-state index in [0.717, 1.165) is 24.2 Å². The van der Waals surface area contributed by atoms with E-state index in [2.05, 4.69) is 34.1 Å². The van der Waals surface area contributed by atoms with Gasteiger partial charge in [0.25, 0.3) is 0 Å². The lowest BCUT2D eigenvalue weighted by atomic mass is 9.92. The van der Waals surface area contributed by atoms with Gasteiger partial charge in [0, 0.05) is 31.2 Å². The number of amides is 1. The Labute approximate surface area is 173 Å². The number of piperidine rings is 1. The van der Waals surface area contributed by atoms with Gasteiger partial charge >= 0.3 is 5.69 Å². The smallest absolute Gasteiger partial charge is 0.350 e. The monoisotopic (exact) mass is 412 g/mol. The molecule has 1 amide bonds. The van der Waals surface area contributed by atoms with Crippen molar-refractivity contribution in [1.29, 1.82) is 0 Å². The van der Waals surface area contributed by atoms with Crippen molar-refractivity contribution in [2.75, 3.05) is 23.3 Å². The summed E-state index contributed by atoms with van der Waals surface area (Å²) in [5.41, 5.74) is 0.833. The van der Waals surface area contributed by atoms with E-state index in [0.29, 0.717) is 34.6 Å². The molecular formula is C21H25FN6O2. The van der Waals surface area contributed by atoms with Crippen LogP contribution in [-0.2, 0) is 11.3 Å². The van der Waals surface area contributed by atoms with Crippen molar-refractivity contribution in [2.45, 2.75) is 33.7 Å². The Kier molecular flexibility index (Phi) is 5.27. The molecule has 0 unspecified atom stereocenters. The molecular weight excluding hydrogens is 387 g/mol. The molecule has 4 rings (SSSR count). The topological polar surface area (TPSA) is 84.5 Å². The van der Waals surface area contributed by atoms with Gasteiger partial charge in [-0.3, -0.25) is 4.79 Å². The van der Waals surface area contributed by atoms with Crippen LogP contribution >= 0.6 is 0 Å². The highest BCUT2D eigenvalue weighted by Gasteiger charge is 2.25. The Hall–Kier alpha value is -3.23. The predicted molar refractivity (Wildman–Crippen MR) is 112 cm³/mol. The minimum Gasteiger partial charge on any atom is -0.353 e. The van der Waals surface area contributed by atoms with Crippen molar-refractivity contribution in [2.24, 2.45) is 11.8 Å². The first-order valence-electron chi connectivity index (χ1n) is 10.1. The molecule has 8 nitrogen and oxygen atoms in total. The van der Waals surface area contributed by atoms with Crippen LogP contribution in [0.2, 0.25) is 0 Å². The molecule has 0 saturated carbocycles. The summed E-state index contributed by atoms with van der Waals surface area (Å²) in [6, 6.07) is 4.45. The number of fused-ring (bicyclic) bond motifs is 1. The molecule has 1 fully saturated rings. The highest BCUT2D eigenvalue weighted by Crippen LogP contribution is 2.26. The number of halogens is 1. The molecule has 0 radical (unpaired) electrons. The molecule has 1 aliphatic rings. The van der Waals surface area contributed by atoms with Crippen LogP contribution in [0.4, 0.5) is 15.9 Å². The second kappa shape index (κ2) is 7.89. The molecule has 158 valence electrons. The molecule has 1 aliphatic heterocycles. The van der Waals surface area contributed by atoms with Gasteiger partial charge < -0.3 is 10.2 Å². The van der Waals surface area contributed by atoms with E-state index in [9.17, 15) is 14.0 Å². The Morgan fingerprint density at radius 3 is 2.70 bits per heavy atom. The second-order valence-electron chi connectivity index (χ2n) is 8.25. The number of aromatic nitrogens is 4. The van der Waals surface area contributed by atoms with Crippen molar-refractivity contribution in [1.82, 2.24) is 19.2 Å². The lowest BCUT2D eigenvalue weighted by Crippen LogP contribution is -2.39. The molecule has 0 bridgehead atoms. The number of carbonyl (C=O) groups is 1. The third-order valence-corrected chi connectivity index (χ3v) is 5.40. The number of nitrogens with zero attached hydrogens (tertiary/aromatic N) is 5. The summed E-state index contributed by atoms with van der Waals surface area (Å²) >= 11 is 0. The molecule has 3 aromatic rings. The maximum Gasteiger partial charge on any atom is 0.350 e. The first kappa shape index (κ1) is 20.1. The van der Waals surface area contributed by atoms with Gasteiger partial charge in [0.05, 0.1) is 0 Å². The summed E-state index contributed by atoms with van der Waals surface area (Å²) in [7, 11) is 0. The van der Waals surface area contributed by atoms with Gasteiger partial charge in [0.15, 0.2) is 5.82 Å². The molecule has 3 heterocycles. The van der Waals surface area contributed by atoms with Gasteiger partial charge in [-0.1, -0.05) is 19.9 Å². The van der Waals surface area contributed by atoms with Crippen LogP contribution in [0.5, 0.6) is 0 Å². The number of aryl methyl sites for hydroxylation is 1. The van der Waals surface area contributed by atoms with Crippen LogP contribution in [0.1, 0.15) is 25.8 Å². The molecule has 30 heavy (non-hydrogen) atoms. The lowest BCUT2D eigenvalue weighted by Gasteiger charge is -2.35. The van der Waals surface area contributed by atoms with Crippen LogP contribution in [0.15, 0.2) is 35.4 Å². The summed E-state index contributed by atoms with van der Waals surface area (Å²) < 4.78 is 16.2. The zero-order valence-corrected chi connectivity index (χ0v) is 17.3. The van der Waals surface area contributed by atoms with Gasteiger partial charge in [-0.05, 0) is 42.9 Å². The Bertz CT molecular complexity index is 1140. The SMILES string of the molecule is Cc1ccc(NC(=O)Cn2nc3c(N4C[C@H](C)C[C@@H](C)C4)nccn3c2=O)cc1F. The van der Waals surface area contributed by atoms with Gasteiger partial charge in [0.1, 0.15) is 12.4 Å². The number of rotatable bonds is 4. The molecule has 1 aromatic carbocycles. The highest BCUT2D eigenvalue weighted by molar-refractivity contribution is 5.90. The summed E-state index contributed by atoms with van der Waals surface area (Å²) in [5, 5.41) is 6.98. The third-order valence-electron chi connectivity index (χ3n) is 5.40. The molecule has 0 spiro atoms. The van der Waals surface area contributed by atoms with Crippen molar-refractivity contribution >= 4 is 23.1 Å². The molecule has 1 N–H and O–H groups in total. The van der Waals surface area contributed by atoms with Crippen molar-refractivity contribution in [3.63, 3.8) is 0 Å². The van der Waals surface area contributed by atoms with E-state index in [-0.39, 0.29) is 6.54 Å². The van der Waals surface area contributed by atoms with Crippen molar-refractivity contribution < 1.29 is 9.18 Å². The minimum atomic E-state index is -0.460. The van der Waals surface area contributed by atoms with Crippen LogP contribution < -0.4 is 15.9 Å². The molecule has 2 aromatic heterocycles. The predicted octanol–water partition coefficient (Wildman–Crippen LogP) is 2.46. The van der Waals surface area contributed by atoms with E-state index < -0.39 is 17.4 Å². The molecule has 9 heteroatoms. The maximum atomic E-state index is 13.7.